The highest BCUT2D eigenvalue weighted by molar-refractivity contribution is 5.82. The van der Waals surface area contributed by atoms with Gasteiger partial charge in [0.25, 0.3) is 5.91 Å². The van der Waals surface area contributed by atoms with Gasteiger partial charge in [0.2, 0.25) is 0 Å². The molecular weight excluding hydrogens is 278 g/mol. The van der Waals surface area contributed by atoms with Crippen molar-refractivity contribution in [3.8, 4) is 0 Å². The molecule has 2 atom stereocenters. The molecule has 4 nitrogen and oxygen atoms in total. The van der Waals surface area contributed by atoms with Gasteiger partial charge in [-0.2, -0.15) is 0 Å². The third kappa shape index (κ3) is 4.04. The Balaban J connectivity index is 2.02. The fraction of sp³-hybridized carbons (Fsp3) is 0.167. The van der Waals surface area contributed by atoms with E-state index in [-0.39, 0.29) is 0 Å². The van der Waals surface area contributed by atoms with Gasteiger partial charge in [-0.1, -0.05) is 60.7 Å². The quantitative estimate of drug-likeness (QED) is 0.889. The first-order chi connectivity index (χ1) is 10.6. The van der Waals surface area contributed by atoms with Crippen molar-refractivity contribution in [1.29, 1.82) is 0 Å². The lowest BCUT2D eigenvalue weighted by Crippen LogP contribution is -2.37. The van der Waals surface area contributed by atoms with Gasteiger partial charge in [-0.3, -0.25) is 4.79 Å². The first-order valence-corrected chi connectivity index (χ1v) is 7.00. The molecule has 0 radical (unpaired) electrons. The number of nitrogens with zero attached hydrogens (tertiary/aromatic N) is 1. The van der Waals surface area contributed by atoms with Crippen molar-refractivity contribution in [3.63, 3.8) is 0 Å². The Hall–Kier alpha value is -2.43. The number of aliphatic hydroxyl groups excluding tert-OH is 2. The van der Waals surface area contributed by atoms with Crippen LogP contribution < -0.4 is 0 Å². The number of aliphatic hydroxyl groups is 2. The summed E-state index contributed by atoms with van der Waals surface area (Å²) in [6.07, 6.45) is 0.576. The summed E-state index contributed by atoms with van der Waals surface area (Å²) >= 11 is 0. The van der Waals surface area contributed by atoms with E-state index in [9.17, 15) is 15.0 Å². The van der Waals surface area contributed by atoms with Crippen LogP contribution in [0.3, 0.4) is 0 Å². The van der Waals surface area contributed by atoms with Crippen LogP contribution in [-0.4, -0.2) is 34.2 Å². The summed E-state index contributed by atoms with van der Waals surface area (Å²) in [7, 11) is 1.54. The Morgan fingerprint density at radius 2 is 1.55 bits per heavy atom. The second-order valence-electron chi connectivity index (χ2n) is 4.98. The van der Waals surface area contributed by atoms with Crippen molar-refractivity contribution in [1.82, 2.24) is 4.90 Å². The molecule has 2 aromatic carbocycles. The summed E-state index contributed by atoms with van der Waals surface area (Å²) in [6, 6.07) is 18.1. The van der Waals surface area contributed by atoms with Crippen LogP contribution in [0.5, 0.6) is 0 Å². The van der Waals surface area contributed by atoms with Crippen molar-refractivity contribution < 1.29 is 15.0 Å². The van der Waals surface area contributed by atoms with Crippen LogP contribution in [0, 0.1) is 0 Å². The third-order valence-corrected chi connectivity index (χ3v) is 3.33. The molecule has 0 fully saturated rings. The van der Waals surface area contributed by atoms with Gasteiger partial charge in [0, 0.05) is 13.2 Å². The second-order valence-corrected chi connectivity index (χ2v) is 4.98. The highest BCUT2D eigenvalue weighted by Crippen LogP contribution is 2.18. The normalized spacial score (nSPS) is 13.8. The summed E-state index contributed by atoms with van der Waals surface area (Å²) < 4.78 is 0. The molecule has 0 unspecified atom stereocenters. The molecule has 2 N–H and O–H groups in total. The molecule has 0 aliphatic rings. The molecule has 0 aromatic heterocycles. The fourth-order valence-corrected chi connectivity index (χ4v) is 2.01. The molecule has 2 rings (SSSR count). The molecule has 2 aromatic rings. The molecule has 0 aliphatic carbocycles. The maximum absolute atomic E-state index is 12.1. The molecule has 0 saturated carbocycles. The van der Waals surface area contributed by atoms with Crippen LogP contribution in [0.2, 0.25) is 0 Å². The molecule has 0 bridgehead atoms. The van der Waals surface area contributed by atoms with E-state index < -0.39 is 18.1 Å². The van der Waals surface area contributed by atoms with E-state index in [1.54, 1.807) is 49.7 Å². The molecule has 114 valence electrons. The Kier molecular flexibility index (Phi) is 5.47. The average molecular weight is 297 g/mol. The van der Waals surface area contributed by atoms with E-state index in [2.05, 4.69) is 0 Å². The molecule has 4 heteroatoms. The van der Waals surface area contributed by atoms with E-state index in [0.717, 1.165) is 5.56 Å². The number of hydrogen-bond acceptors (Lipinski definition) is 3. The van der Waals surface area contributed by atoms with Crippen molar-refractivity contribution >= 4 is 12.0 Å². The number of rotatable bonds is 5. The van der Waals surface area contributed by atoms with Crippen molar-refractivity contribution in [2.75, 3.05) is 7.05 Å². The lowest BCUT2D eigenvalue weighted by atomic mass is 10.0. The molecule has 0 aliphatic heterocycles. The maximum atomic E-state index is 12.1. The van der Waals surface area contributed by atoms with Gasteiger partial charge in [-0.25, -0.2) is 0 Å². The summed E-state index contributed by atoms with van der Waals surface area (Å²) in [5, 5.41) is 20.1. The predicted molar refractivity (Wildman–Crippen MR) is 85.7 cm³/mol. The van der Waals surface area contributed by atoms with Crippen LogP contribution in [0.4, 0.5) is 0 Å². The monoisotopic (exact) mass is 297 g/mol. The molecular formula is C18H19NO3. The fourth-order valence-electron chi connectivity index (χ4n) is 2.01. The topological polar surface area (TPSA) is 60.8 Å². The smallest absolute Gasteiger partial charge is 0.258 e. The van der Waals surface area contributed by atoms with Gasteiger partial charge < -0.3 is 15.1 Å². The zero-order chi connectivity index (χ0) is 15.9. The lowest BCUT2D eigenvalue weighted by molar-refractivity contribution is -0.142. The molecule has 22 heavy (non-hydrogen) atoms. The van der Waals surface area contributed by atoms with Crippen LogP contribution in [0.1, 0.15) is 17.2 Å². The van der Waals surface area contributed by atoms with E-state index >= 15 is 0 Å². The minimum absolute atomic E-state index is 0.504. The lowest BCUT2D eigenvalue weighted by Gasteiger charge is -2.21. The predicted octanol–water partition coefficient (Wildman–Crippen LogP) is 2.21. The minimum Gasteiger partial charge on any atom is -0.385 e. The summed E-state index contributed by atoms with van der Waals surface area (Å²) in [4.78, 5) is 13.4. The standard InChI is InChI=1S/C18H19NO3/c1-19(13-12-14-8-4-2-5-9-14)18(22)17(21)16(20)15-10-6-3-7-11-15/h2-13,16-17,20-21H,1H3/b13-12-/t16-,17-/m1/s1. The Morgan fingerprint density at radius 3 is 2.14 bits per heavy atom. The van der Waals surface area contributed by atoms with Gasteiger partial charge >= 0.3 is 0 Å². The zero-order valence-electron chi connectivity index (χ0n) is 12.3. The van der Waals surface area contributed by atoms with E-state index in [1.807, 2.05) is 30.3 Å². The van der Waals surface area contributed by atoms with Crippen LogP contribution in [-0.2, 0) is 4.79 Å². The molecule has 0 spiro atoms. The summed E-state index contributed by atoms with van der Waals surface area (Å²) in [5.74, 6) is -0.566. The Morgan fingerprint density at radius 1 is 1.00 bits per heavy atom. The van der Waals surface area contributed by atoms with Crippen LogP contribution >= 0.6 is 0 Å². The summed E-state index contributed by atoms with van der Waals surface area (Å²) in [6.45, 7) is 0. The molecule has 0 saturated heterocycles. The molecule has 1 amide bonds. The van der Waals surface area contributed by atoms with Gasteiger partial charge in [0.1, 0.15) is 6.10 Å². The average Bonchev–Trinajstić information content (AvgIpc) is 2.59. The molecule has 0 heterocycles. The first-order valence-electron chi connectivity index (χ1n) is 7.00. The van der Waals surface area contributed by atoms with Gasteiger partial charge in [-0.15, -0.1) is 0 Å². The number of carbonyl (C=O) groups excluding carboxylic acids is 1. The Labute approximate surface area is 129 Å². The van der Waals surface area contributed by atoms with Crippen molar-refractivity contribution in [2.45, 2.75) is 12.2 Å². The van der Waals surface area contributed by atoms with Gasteiger partial charge in [0.15, 0.2) is 6.10 Å². The Bertz CT molecular complexity index is 625. The van der Waals surface area contributed by atoms with Gasteiger partial charge in [-0.05, 0) is 17.2 Å². The number of amides is 1. The number of hydrogen-bond donors (Lipinski definition) is 2. The van der Waals surface area contributed by atoms with Gasteiger partial charge in [0.05, 0.1) is 0 Å². The van der Waals surface area contributed by atoms with Crippen LogP contribution in [0.15, 0.2) is 66.9 Å². The second kappa shape index (κ2) is 7.54. The number of benzene rings is 2. The number of carbonyl (C=O) groups is 1. The van der Waals surface area contributed by atoms with Crippen LogP contribution in [0.25, 0.3) is 6.08 Å². The largest absolute Gasteiger partial charge is 0.385 e. The SMILES string of the molecule is CN(/C=C\c1ccccc1)C(=O)[C@H](O)[C@H](O)c1ccccc1. The van der Waals surface area contributed by atoms with E-state index in [1.165, 1.54) is 4.90 Å². The minimum atomic E-state index is -1.51. The highest BCUT2D eigenvalue weighted by Gasteiger charge is 2.27. The third-order valence-electron chi connectivity index (χ3n) is 3.33. The first kappa shape index (κ1) is 15.9. The highest BCUT2D eigenvalue weighted by atomic mass is 16.3. The zero-order valence-corrected chi connectivity index (χ0v) is 12.3. The number of likely N-dealkylation sites (N-methyl/N-ethyl adjacent to an activating group) is 1. The van der Waals surface area contributed by atoms with E-state index in [4.69, 9.17) is 0 Å². The summed E-state index contributed by atoms with van der Waals surface area (Å²) in [5.41, 5.74) is 1.45. The van der Waals surface area contributed by atoms with E-state index in [0.29, 0.717) is 5.56 Å². The van der Waals surface area contributed by atoms with Crippen molar-refractivity contribution in [2.24, 2.45) is 0 Å². The van der Waals surface area contributed by atoms with Crippen molar-refractivity contribution in [3.05, 3.63) is 78.0 Å². The maximum Gasteiger partial charge on any atom is 0.258 e.